The fraction of sp³-hybridized carbons (Fsp3) is 0.500. The lowest BCUT2D eigenvalue weighted by atomic mass is 10.0. The van der Waals surface area contributed by atoms with Gasteiger partial charge in [-0.25, -0.2) is 4.79 Å². The average Bonchev–Trinajstić information content (AvgIpc) is 2.75. The van der Waals surface area contributed by atoms with E-state index in [-0.39, 0.29) is 5.97 Å². The summed E-state index contributed by atoms with van der Waals surface area (Å²) in [7, 11) is 0. The van der Waals surface area contributed by atoms with Gasteiger partial charge < -0.3 is 9.47 Å². The van der Waals surface area contributed by atoms with Crippen LogP contribution in [0.5, 0.6) is 11.5 Å². The molecule has 158 valence electrons. The number of carbonyl (C=O) groups is 1. The van der Waals surface area contributed by atoms with E-state index < -0.39 is 0 Å². The Kier molecular flexibility index (Phi) is 11.0. The van der Waals surface area contributed by atoms with E-state index in [0.29, 0.717) is 11.3 Å². The molecule has 0 saturated carbocycles. The number of benzene rings is 2. The van der Waals surface area contributed by atoms with Crippen molar-refractivity contribution < 1.29 is 14.3 Å². The first-order valence-electron chi connectivity index (χ1n) is 11.3. The summed E-state index contributed by atoms with van der Waals surface area (Å²) < 4.78 is 11.2. The Morgan fingerprint density at radius 2 is 1.28 bits per heavy atom. The molecule has 0 fully saturated rings. The molecule has 2 rings (SSSR count). The standard InChI is InChI=1S/C26H36O3/c1-3-5-7-9-11-21-28-24-17-19-25(20-18-24)29-26(27)23-15-13-22(14-16-23)12-10-8-6-4-2/h13-20H,3-12,21H2,1-2H3. The Morgan fingerprint density at radius 3 is 1.93 bits per heavy atom. The van der Waals surface area contributed by atoms with Gasteiger partial charge in [-0.3, -0.25) is 0 Å². The van der Waals surface area contributed by atoms with Gasteiger partial charge in [0.15, 0.2) is 0 Å². The number of esters is 1. The summed E-state index contributed by atoms with van der Waals surface area (Å²) in [6.07, 6.45) is 12.2. The van der Waals surface area contributed by atoms with Crippen LogP contribution < -0.4 is 9.47 Å². The monoisotopic (exact) mass is 396 g/mol. The van der Waals surface area contributed by atoms with Crippen molar-refractivity contribution in [3.63, 3.8) is 0 Å². The molecule has 0 aliphatic heterocycles. The molecule has 0 heterocycles. The van der Waals surface area contributed by atoms with Gasteiger partial charge in [-0.15, -0.1) is 0 Å². The smallest absolute Gasteiger partial charge is 0.343 e. The molecule has 2 aromatic carbocycles. The SMILES string of the molecule is CCCCCCCOc1ccc(OC(=O)c2ccc(CCCCCC)cc2)cc1. The maximum atomic E-state index is 12.4. The van der Waals surface area contributed by atoms with E-state index in [1.54, 1.807) is 12.1 Å². The first-order valence-corrected chi connectivity index (χ1v) is 11.3. The minimum Gasteiger partial charge on any atom is -0.494 e. The lowest BCUT2D eigenvalue weighted by molar-refractivity contribution is 0.0734. The number of hydrogen-bond acceptors (Lipinski definition) is 3. The molecule has 3 nitrogen and oxygen atoms in total. The largest absolute Gasteiger partial charge is 0.494 e. The van der Waals surface area contributed by atoms with Crippen LogP contribution in [0, 0.1) is 0 Å². The van der Waals surface area contributed by atoms with Crippen LogP contribution in [-0.4, -0.2) is 12.6 Å². The predicted octanol–water partition coefficient (Wildman–Crippen LogP) is 7.38. The van der Waals surface area contributed by atoms with Crippen LogP contribution in [0.15, 0.2) is 48.5 Å². The minimum atomic E-state index is -0.327. The zero-order valence-corrected chi connectivity index (χ0v) is 18.1. The van der Waals surface area contributed by atoms with Crippen molar-refractivity contribution >= 4 is 5.97 Å². The normalized spacial score (nSPS) is 10.7. The Morgan fingerprint density at radius 1 is 0.690 bits per heavy atom. The highest BCUT2D eigenvalue weighted by Gasteiger charge is 2.09. The Balaban J connectivity index is 1.74. The van der Waals surface area contributed by atoms with Gasteiger partial charge >= 0.3 is 5.97 Å². The van der Waals surface area contributed by atoms with Crippen molar-refractivity contribution in [2.45, 2.75) is 78.1 Å². The van der Waals surface area contributed by atoms with Gasteiger partial charge in [0.1, 0.15) is 11.5 Å². The second-order valence-electron chi connectivity index (χ2n) is 7.63. The van der Waals surface area contributed by atoms with E-state index in [1.807, 2.05) is 36.4 Å². The van der Waals surface area contributed by atoms with Gasteiger partial charge in [0.25, 0.3) is 0 Å². The Hall–Kier alpha value is -2.29. The minimum absolute atomic E-state index is 0.327. The highest BCUT2D eigenvalue weighted by atomic mass is 16.5. The molecule has 0 spiro atoms. The van der Waals surface area contributed by atoms with Gasteiger partial charge in [-0.05, 0) is 61.2 Å². The van der Waals surface area contributed by atoms with Crippen molar-refractivity contribution in [3.05, 3.63) is 59.7 Å². The van der Waals surface area contributed by atoms with E-state index in [9.17, 15) is 4.79 Å². The third-order valence-electron chi connectivity index (χ3n) is 5.06. The van der Waals surface area contributed by atoms with Crippen molar-refractivity contribution in [1.29, 1.82) is 0 Å². The first kappa shape index (κ1) is 23.0. The molecular formula is C26H36O3. The van der Waals surface area contributed by atoms with Crippen LogP contribution in [0.25, 0.3) is 0 Å². The predicted molar refractivity (Wildman–Crippen MR) is 120 cm³/mol. The van der Waals surface area contributed by atoms with Crippen LogP contribution in [-0.2, 0) is 6.42 Å². The molecular weight excluding hydrogens is 360 g/mol. The summed E-state index contributed by atoms with van der Waals surface area (Å²) >= 11 is 0. The zero-order valence-electron chi connectivity index (χ0n) is 18.1. The average molecular weight is 397 g/mol. The quantitative estimate of drug-likeness (QED) is 0.190. The zero-order chi connectivity index (χ0) is 20.7. The molecule has 0 bridgehead atoms. The van der Waals surface area contributed by atoms with E-state index in [2.05, 4.69) is 13.8 Å². The van der Waals surface area contributed by atoms with Crippen LogP contribution in [0.3, 0.4) is 0 Å². The van der Waals surface area contributed by atoms with Gasteiger partial charge in [0.2, 0.25) is 0 Å². The number of unbranched alkanes of at least 4 members (excludes halogenated alkanes) is 7. The van der Waals surface area contributed by atoms with Crippen molar-refractivity contribution in [2.75, 3.05) is 6.61 Å². The number of rotatable bonds is 14. The topological polar surface area (TPSA) is 35.5 Å². The summed E-state index contributed by atoms with van der Waals surface area (Å²) in [5, 5.41) is 0. The molecule has 2 aromatic rings. The summed E-state index contributed by atoms with van der Waals surface area (Å²) in [5.41, 5.74) is 1.85. The van der Waals surface area contributed by atoms with Gasteiger partial charge in [0, 0.05) is 0 Å². The maximum absolute atomic E-state index is 12.4. The molecule has 0 N–H and O–H groups in total. The fourth-order valence-corrected chi connectivity index (χ4v) is 3.23. The molecule has 0 aliphatic carbocycles. The maximum Gasteiger partial charge on any atom is 0.343 e. The highest BCUT2D eigenvalue weighted by molar-refractivity contribution is 5.91. The fourth-order valence-electron chi connectivity index (χ4n) is 3.23. The van der Waals surface area contributed by atoms with Crippen LogP contribution in [0.1, 0.15) is 87.6 Å². The van der Waals surface area contributed by atoms with Crippen LogP contribution in [0.4, 0.5) is 0 Å². The summed E-state index contributed by atoms with van der Waals surface area (Å²) in [4.78, 5) is 12.4. The number of hydrogen-bond donors (Lipinski definition) is 0. The molecule has 0 aromatic heterocycles. The number of carbonyl (C=O) groups excluding carboxylic acids is 1. The Labute approximate surface area is 176 Å². The Bertz CT molecular complexity index is 689. The van der Waals surface area contributed by atoms with Crippen molar-refractivity contribution in [2.24, 2.45) is 0 Å². The second-order valence-corrected chi connectivity index (χ2v) is 7.63. The van der Waals surface area contributed by atoms with Gasteiger partial charge in [0.05, 0.1) is 12.2 Å². The lowest BCUT2D eigenvalue weighted by Crippen LogP contribution is -2.08. The third kappa shape index (κ3) is 9.17. The molecule has 0 unspecified atom stereocenters. The molecule has 0 saturated heterocycles. The molecule has 0 amide bonds. The van der Waals surface area contributed by atoms with Gasteiger partial charge in [-0.1, -0.05) is 70.9 Å². The van der Waals surface area contributed by atoms with Gasteiger partial charge in [-0.2, -0.15) is 0 Å². The lowest BCUT2D eigenvalue weighted by Gasteiger charge is -2.08. The summed E-state index contributed by atoms with van der Waals surface area (Å²) in [6.45, 7) is 5.17. The molecule has 3 heteroatoms. The third-order valence-corrected chi connectivity index (χ3v) is 5.06. The highest BCUT2D eigenvalue weighted by Crippen LogP contribution is 2.19. The molecule has 0 atom stereocenters. The van der Waals surface area contributed by atoms with Crippen LogP contribution >= 0.6 is 0 Å². The molecule has 0 aliphatic rings. The first-order chi connectivity index (χ1) is 14.2. The summed E-state index contributed by atoms with van der Waals surface area (Å²) in [5.74, 6) is 1.02. The van der Waals surface area contributed by atoms with Crippen LogP contribution in [0.2, 0.25) is 0 Å². The van der Waals surface area contributed by atoms with E-state index >= 15 is 0 Å². The van der Waals surface area contributed by atoms with E-state index in [1.165, 1.54) is 56.9 Å². The van der Waals surface area contributed by atoms with E-state index in [0.717, 1.165) is 25.2 Å². The van der Waals surface area contributed by atoms with E-state index in [4.69, 9.17) is 9.47 Å². The van der Waals surface area contributed by atoms with Crippen molar-refractivity contribution in [1.82, 2.24) is 0 Å². The molecule has 29 heavy (non-hydrogen) atoms. The van der Waals surface area contributed by atoms with Crippen molar-refractivity contribution in [3.8, 4) is 11.5 Å². The summed E-state index contributed by atoms with van der Waals surface area (Å²) in [6, 6.07) is 15.0. The number of aryl methyl sites for hydroxylation is 1. The number of ether oxygens (including phenoxy) is 2. The second kappa shape index (κ2) is 13.8. The molecule has 0 radical (unpaired) electrons.